The van der Waals surface area contributed by atoms with Crippen molar-refractivity contribution in [2.24, 2.45) is 5.92 Å². The number of benzene rings is 2. The molecule has 7 nitrogen and oxygen atoms in total. The minimum absolute atomic E-state index is 0.0526. The van der Waals surface area contributed by atoms with Gasteiger partial charge >= 0.3 is 0 Å². The number of rotatable bonds is 6. The molecule has 7 heteroatoms. The SMILES string of the molecule is COc1cccc(CNC(=O)[C@@H]2CCCN(c3nc4ccccc4n4cccc34)C2)c1OC. The first kappa shape index (κ1) is 21.1. The van der Waals surface area contributed by atoms with Crippen molar-refractivity contribution in [2.45, 2.75) is 19.4 Å². The Kier molecular flexibility index (Phi) is 5.77. The van der Waals surface area contributed by atoms with Crippen LogP contribution in [0, 0.1) is 5.92 Å². The summed E-state index contributed by atoms with van der Waals surface area (Å²) in [5.74, 6) is 2.20. The first-order valence-corrected chi connectivity index (χ1v) is 11.3. The molecule has 0 spiro atoms. The van der Waals surface area contributed by atoms with Crippen LogP contribution in [-0.4, -0.2) is 42.6 Å². The standard InChI is InChI=1S/C26H28N4O3/c1-32-23-13-5-8-18(24(23)33-2)16-27-26(31)19-9-6-14-29(17-19)25-22-12-7-15-30(22)21-11-4-3-10-20(21)28-25/h3-5,7-8,10-13,15,19H,6,9,14,16-17H2,1-2H3,(H,27,31)/t19-/m1/s1. The summed E-state index contributed by atoms with van der Waals surface area (Å²) in [5, 5.41) is 3.10. The number of anilines is 1. The predicted molar refractivity (Wildman–Crippen MR) is 129 cm³/mol. The highest BCUT2D eigenvalue weighted by Gasteiger charge is 2.28. The van der Waals surface area contributed by atoms with Gasteiger partial charge in [0.25, 0.3) is 0 Å². The van der Waals surface area contributed by atoms with E-state index in [1.165, 1.54) is 0 Å². The fourth-order valence-electron chi connectivity index (χ4n) is 4.74. The van der Waals surface area contributed by atoms with Gasteiger partial charge in [-0.25, -0.2) is 4.98 Å². The van der Waals surface area contributed by atoms with Crippen LogP contribution in [0.15, 0.2) is 60.8 Å². The molecule has 2 aromatic heterocycles. The normalized spacial score (nSPS) is 16.2. The third kappa shape index (κ3) is 3.95. The van der Waals surface area contributed by atoms with E-state index in [0.717, 1.165) is 47.3 Å². The van der Waals surface area contributed by atoms with E-state index in [4.69, 9.17) is 14.5 Å². The number of fused-ring (bicyclic) bond motifs is 3. The number of aromatic nitrogens is 2. The predicted octanol–water partition coefficient (Wildman–Crippen LogP) is 4.04. The first-order chi connectivity index (χ1) is 16.2. The van der Waals surface area contributed by atoms with Crippen molar-refractivity contribution in [3.8, 4) is 11.5 Å². The summed E-state index contributed by atoms with van der Waals surface area (Å²) in [6.07, 6.45) is 3.88. The van der Waals surface area contributed by atoms with Gasteiger partial charge in [0.15, 0.2) is 17.3 Å². The molecule has 170 valence electrons. The van der Waals surface area contributed by atoms with Gasteiger partial charge in [-0.15, -0.1) is 0 Å². The number of hydrogen-bond acceptors (Lipinski definition) is 5. The van der Waals surface area contributed by atoms with Crippen molar-refractivity contribution < 1.29 is 14.3 Å². The van der Waals surface area contributed by atoms with Gasteiger partial charge < -0.3 is 24.1 Å². The van der Waals surface area contributed by atoms with Gasteiger partial charge in [0, 0.05) is 31.4 Å². The number of ether oxygens (including phenoxy) is 2. The molecule has 2 aromatic carbocycles. The number of para-hydroxylation sites is 3. The van der Waals surface area contributed by atoms with Crippen molar-refractivity contribution in [3.63, 3.8) is 0 Å². The van der Waals surface area contributed by atoms with Crippen molar-refractivity contribution >= 4 is 28.3 Å². The zero-order valence-electron chi connectivity index (χ0n) is 19.0. The molecule has 0 radical (unpaired) electrons. The fraction of sp³-hybridized carbons (Fsp3) is 0.308. The van der Waals surface area contributed by atoms with Gasteiger partial charge in [0.05, 0.1) is 36.7 Å². The molecule has 0 bridgehead atoms. The van der Waals surface area contributed by atoms with Crippen molar-refractivity contribution in [3.05, 3.63) is 66.4 Å². The van der Waals surface area contributed by atoms with Gasteiger partial charge in [-0.3, -0.25) is 4.79 Å². The van der Waals surface area contributed by atoms with Gasteiger partial charge in [-0.05, 0) is 43.2 Å². The van der Waals surface area contributed by atoms with Gasteiger partial charge in [0.2, 0.25) is 5.91 Å². The minimum Gasteiger partial charge on any atom is -0.493 e. The highest BCUT2D eigenvalue weighted by atomic mass is 16.5. The molecular weight excluding hydrogens is 416 g/mol. The number of nitrogens with zero attached hydrogens (tertiary/aromatic N) is 3. The van der Waals surface area contributed by atoms with Crippen LogP contribution in [0.4, 0.5) is 5.82 Å². The Morgan fingerprint density at radius 3 is 2.76 bits per heavy atom. The molecule has 0 unspecified atom stereocenters. The second-order valence-electron chi connectivity index (χ2n) is 8.34. The van der Waals surface area contributed by atoms with Crippen molar-refractivity contribution in [1.82, 2.24) is 14.7 Å². The Balaban J connectivity index is 1.34. The Labute approximate surface area is 192 Å². The topological polar surface area (TPSA) is 68.1 Å². The number of amides is 1. The highest BCUT2D eigenvalue weighted by Crippen LogP contribution is 2.31. The van der Waals surface area contributed by atoms with E-state index < -0.39 is 0 Å². The Hall–Kier alpha value is -3.74. The second kappa shape index (κ2) is 9.02. The molecule has 0 saturated carbocycles. The molecule has 4 aromatic rings. The third-order valence-electron chi connectivity index (χ3n) is 6.37. The molecule has 33 heavy (non-hydrogen) atoms. The number of hydrogen-bond donors (Lipinski definition) is 1. The lowest BCUT2D eigenvalue weighted by molar-refractivity contribution is -0.125. The van der Waals surface area contributed by atoms with Crippen LogP contribution in [0.2, 0.25) is 0 Å². The monoisotopic (exact) mass is 444 g/mol. The summed E-state index contributed by atoms with van der Waals surface area (Å²) >= 11 is 0. The van der Waals surface area contributed by atoms with Gasteiger partial charge in [-0.1, -0.05) is 24.3 Å². The number of piperidine rings is 1. The largest absolute Gasteiger partial charge is 0.493 e. The smallest absolute Gasteiger partial charge is 0.225 e. The first-order valence-electron chi connectivity index (χ1n) is 11.3. The summed E-state index contributed by atoms with van der Waals surface area (Å²) in [6, 6.07) is 18.0. The van der Waals surface area contributed by atoms with E-state index in [1.807, 2.05) is 42.5 Å². The van der Waals surface area contributed by atoms with Crippen LogP contribution in [0.1, 0.15) is 18.4 Å². The Bertz CT molecular complexity index is 1300. The van der Waals surface area contributed by atoms with E-state index in [0.29, 0.717) is 24.6 Å². The minimum atomic E-state index is -0.0985. The van der Waals surface area contributed by atoms with Crippen LogP contribution in [0.3, 0.4) is 0 Å². The summed E-state index contributed by atoms with van der Waals surface area (Å²) < 4.78 is 13.0. The molecule has 1 N–H and O–H groups in total. The molecule has 1 fully saturated rings. The Morgan fingerprint density at radius 2 is 1.91 bits per heavy atom. The van der Waals surface area contributed by atoms with Crippen molar-refractivity contribution in [2.75, 3.05) is 32.2 Å². The maximum Gasteiger partial charge on any atom is 0.225 e. The van der Waals surface area contributed by atoms with E-state index in [1.54, 1.807) is 14.2 Å². The average molecular weight is 445 g/mol. The summed E-state index contributed by atoms with van der Waals surface area (Å²) in [5.41, 5.74) is 3.99. The number of carbonyl (C=O) groups excluding carboxylic acids is 1. The molecule has 1 aliphatic rings. The number of methoxy groups -OCH3 is 2. The summed E-state index contributed by atoms with van der Waals surface area (Å²) in [4.78, 5) is 20.3. The van der Waals surface area contributed by atoms with Crippen LogP contribution in [0.25, 0.3) is 16.6 Å². The molecule has 0 aliphatic carbocycles. The highest BCUT2D eigenvalue weighted by molar-refractivity contribution is 5.86. The third-order valence-corrected chi connectivity index (χ3v) is 6.37. The molecule has 1 saturated heterocycles. The van der Waals surface area contributed by atoms with Gasteiger partial charge in [0.1, 0.15) is 0 Å². The quantitative estimate of drug-likeness (QED) is 0.486. The summed E-state index contributed by atoms with van der Waals surface area (Å²) in [7, 11) is 3.22. The second-order valence-corrected chi connectivity index (χ2v) is 8.34. The van der Waals surface area contributed by atoms with E-state index in [-0.39, 0.29) is 11.8 Å². The summed E-state index contributed by atoms with van der Waals surface area (Å²) in [6.45, 7) is 1.93. The maximum atomic E-state index is 13.1. The molecule has 1 aliphatic heterocycles. The number of carbonyl (C=O) groups is 1. The van der Waals surface area contributed by atoms with E-state index in [2.05, 4.69) is 32.9 Å². The molecule has 5 rings (SSSR count). The lowest BCUT2D eigenvalue weighted by atomic mass is 9.97. The van der Waals surface area contributed by atoms with Gasteiger partial charge in [-0.2, -0.15) is 0 Å². The van der Waals surface area contributed by atoms with Crippen molar-refractivity contribution in [1.29, 1.82) is 0 Å². The van der Waals surface area contributed by atoms with Crippen LogP contribution >= 0.6 is 0 Å². The molecule has 1 amide bonds. The molecule has 1 atom stereocenters. The molecule has 3 heterocycles. The van der Waals surface area contributed by atoms with Crippen LogP contribution in [-0.2, 0) is 11.3 Å². The Morgan fingerprint density at radius 1 is 1.06 bits per heavy atom. The van der Waals surface area contributed by atoms with E-state index in [9.17, 15) is 4.79 Å². The lowest BCUT2D eigenvalue weighted by Gasteiger charge is -2.33. The lowest BCUT2D eigenvalue weighted by Crippen LogP contribution is -2.43. The number of nitrogens with one attached hydrogen (secondary N) is 1. The van der Waals surface area contributed by atoms with E-state index >= 15 is 0 Å². The zero-order chi connectivity index (χ0) is 22.8. The molecular formula is C26H28N4O3. The average Bonchev–Trinajstić information content (AvgIpc) is 3.37. The fourth-order valence-corrected chi connectivity index (χ4v) is 4.74. The maximum absolute atomic E-state index is 13.1. The van der Waals surface area contributed by atoms with Crippen LogP contribution in [0.5, 0.6) is 11.5 Å². The van der Waals surface area contributed by atoms with Crippen LogP contribution < -0.4 is 19.7 Å². The zero-order valence-corrected chi connectivity index (χ0v) is 19.0.